The number of rotatable bonds is 9. The normalized spacial score (nSPS) is 23.7. The molecule has 2 unspecified atom stereocenters. The van der Waals surface area contributed by atoms with Crippen molar-refractivity contribution in [1.29, 1.82) is 0 Å². The summed E-state index contributed by atoms with van der Waals surface area (Å²) in [6, 6.07) is -0.0118. The number of hydrogen-bond acceptors (Lipinski definition) is 4. The molecule has 18 heavy (non-hydrogen) atoms. The van der Waals surface area contributed by atoms with Crippen LogP contribution in [-0.4, -0.2) is 61.5 Å². The van der Waals surface area contributed by atoms with Gasteiger partial charge in [-0.15, -0.1) is 0 Å². The topological polar surface area (TPSA) is 59.0 Å². The third-order valence-corrected chi connectivity index (χ3v) is 3.41. The molecule has 1 aliphatic rings. The summed E-state index contributed by atoms with van der Waals surface area (Å²) in [5, 5.41) is 9.13. The lowest BCUT2D eigenvalue weighted by Crippen LogP contribution is -2.44. The average Bonchev–Trinajstić information content (AvgIpc) is 2.83. The minimum absolute atomic E-state index is 0.0118. The maximum atomic E-state index is 11.1. The zero-order valence-electron chi connectivity index (χ0n) is 11.4. The number of likely N-dealkylation sites (N-methyl/N-ethyl adjacent to an activating group) is 1. The Morgan fingerprint density at radius 3 is 2.78 bits per heavy atom. The summed E-state index contributed by atoms with van der Waals surface area (Å²) in [4.78, 5) is 13.3. The summed E-state index contributed by atoms with van der Waals surface area (Å²) in [7, 11) is 0. The van der Waals surface area contributed by atoms with Gasteiger partial charge in [0.05, 0.1) is 25.7 Å². The van der Waals surface area contributed by atoms with Gasteiger partial charge in [0.15, 0.2) is 0 Å². The molecular weight excluding hydrogens is 234 g/mol. The van der Waals surface area contributed by atoms with E-state index in [1.807, 2.05) is 6.92 Å². The Labute approximate surface area is 109 Å². The molecule has 1 saturated heterocycles. The Balaban J connectivity index is 2.33. The van der Waals surface area contributed by atoms with Crippen molar-refractivity contribution in [3.05, 3.63) is 0 Å². The van der Waals surface area contributed by atoms with E-state index in [0.717, 1.165) is 32.5 Å². The second-order valence-electron chi connectivity index (χ2n) is 4.64. The Hall–Kier alpha value is -0.650. The minimum atomic E-state index is -0.761. The molecule has 0 aromatic rings. The van der Waals surface area contributed by atoms with Gasteiger partial charge < -0.3 is 14.6 Å². The van der Waals surface area contributed by atoms with Gasteiger partial charge in [0.2, 0.25) is 0 Å². The molecule has 0 bridgehead atoms. The lowest BCUT2D eigenvalue weighted by molar-refractivity contribution is -0.143. The standard InChI is InChI=1S/C13H25NO4/c1-3-5-7-17-8-6-14(4-2)12-10-18-9-11(12)13(15)16/h11-12H,3-10H2,1-2H3,(H,15,16). The predicted molar refractivity (Wildman–Crippen MR) is 68.7 cm³/mol. The lowest BCUT2D eigenvalue weighted by Gasteiger charge is -2.28. The molecule has 0 radical (unpaired) electrons. The zero-order chi connectivity index (χ0) is 13.4. The number of carboxylic acid groups (broad SMARTS) is 1. The predicted octanol–water partition coefficient (Wildman–Crippen LogP) is 1.22. The number of carboxylic acids is 1. The maximum absolute atomic E-state index is 11.1. The van der Waals surface area contributed by atoms with Gasteiger partial charge in [0.1, 0.15) is 0 Å². The smallest absolute Gasteiger partial charge is 0.310 e. The molecule has 106 valence electrons. The van der Waals surface area contributed by atoms with Crippen LogP contribution in [0.25, 0.3) is 0 Å². The van der Waals surface area contributed by atoms with E-state index in [4.69, 9.17) is 14.6 Å². The molecular formula is C13H25NO4. The molecule has 0 amide bonds. The highest BCUT2D eigenvalue weighted by Gasteiger charge is 2.37. The van der Waals surface area contributed by atoms with Crippen LogP contribution in [0.15, 0.2) is 0 Å². The van der Waals surface area contributed by atoms with Gasteiger partial charge in [-0.2, -0.15) is 0 Å². The van der Waals surface area contributed by atoms with Gasteiger partial charge in [-0.25, -0.2) is 0 Å². The summed E-state index contributed by atoms with van der Waals surface area (Å²) in [6.45, 7) is 8.08. The van der Waals surface area contributed by atoms with E-state index in [1.54, 1.807) is 0 Å². The molecule has 1 fully saturated rings. The molecule has 0 aromatic carbocycles. The number of aliphatic carboxylic acids is 1. The van der Waals surface area contributed by atoms with Crippen molar-refractivity contribution in [3.63, 3.8) is 0 Å². The van der Waals surface area contributed by atoms with E-state index in [-0.39, 0.29) is 6.04 Å². The van der Waals surface area contributed by atoms with E-state index in [2.05, 4.69) is 11.8 Å². The monoisotopic (exact) mass is 259 g/mol. The molecule has 0 saturated carbocycles. The third kappa shape index (κ3) is 4.55. The maximum Gasteiger partial charge on any atom is 0.310 e. The van der Waals surface area contributed by atoms with E-state index in [0.29, 0.717) is 19.8 Å². The Bertz CT molecular complexity index is 247. The highest BCUT2D eigenvalue weighted by molar-refractivity contribution is 5.71. The van der Waals surface area contributed by atoms with Crippen LogP contribution in [-0.2, 0) is 14.3 Å². The minimum Gasteiger partial charge on any atom is -0.481 e. The molecule has 0 aliphatic carbocycles. The summed E-state index contributed by atoms with van der Waals surface area (Å²) < 4.78 is 10.8. The number of hydrogen-bond donors (Lipinski definition) is 1. The fraction of sp³-hybridized carbons (Fsp3) is 0.923. The van der Waals surface area contributed by atoms with Crippen LogP contribution >= 0.6 is 0 Å². The van der Waals surface area contributed by atoms with E-state index >= 15 is 0 Å². The van der Waals surface area contributed by atoms with Crippen LogP contribution in [0.5, 0.6) is 0 Å². The van der Waals surface area contributed by atoms with Crippen LogP contribution in [0.4, 0.5) is 0 Å². The molecule has 1 rings (SSSR count). The molecule has 5 heteroatoms. The first-order chi connectivity index (χ1) is 8.70. The number of unbranched alkanes of at least 4 members (excludes halogenated alkanes) is 1. The average molecular weight is 259 g/mol. The van der Waals surface area contributed by atoms with Gasteiger partial charge in [-0.3, -0.25) is 9.69 Å². The molecule has 1 N–H and O–H groups in total. The van der Waals surface area contributed by atoms with Gasteiger partial charge in [-0.1, -0.05) is 20.3 Å². The van der Waals surface area contributed by atoms with Crippen molar-refractivity contribution in [3.8, 4) is 0 Å². The third-order valence-electron chi connectivity index (χ3n) is 3.41. The van der Waals surface area contributed by atoms with Crippen LogP contribution in [0.2, 0.25) is 0 Å². The fourth-order valence-corrected chi connectivity index (χ4v) is 2.23. The quantitative estimate of drug-likeness (QED) is 0.631. The largest absolute Gasteiger partial charge is 0.481 e. The van der Waals surface area contributed by atoms with Gasteiger partial charge >= 0.3 is 5.97 Å². The lowest BCUT2D eigenvalue weighted by atomic mass is 10.0. The van der Waals surface area contributed by atoms with Crippen molar-refractivity contribution in [2.75, 3.05) is 39.5 Å². The van der Waals surface area contributed by atoms with Crippen molar-refractivity contribution >= 4 is 5.97 Å². The van der Waals surface area contributed by atoms with Crippen molar-refractivity contribution in [2.24, 2.45) is 5.92 Å². The Kier molecular flexibility index (Phi) is 7.23. The van der Waals surface area contributed by atoms with Crippen LogP contribution in [0.1, 0.15) is 26.7 Å². The van der Waals surface area contributed by atoms with E-state index in [9.17, 15) is 4.79 Å². The molecule has 0 aromatic heterocycles. The summed E-state index contributed by atoms with van der Waals surface area (Å²) in [6.07, 6.45) is 2.21. The van der Waals surface area contributed by atoms with Crippen LogP contribution < -0.4 is 0 Å². The summed E-state index contributed by atoms with van der Waals surface area (Å²) >= 11 is 0. The first-order valence-electron chi connectivity index (χ1n) is 6.83. The van der Waals surface area contributed by atoms with E-state index < -0.39 is 11.9 Å². The van der Waals surface area contributed by atoms with Gasteiger partial charge in [0, 0.05) is 19.2 Å². The highest BCUT2D eigenvalue weighted by Crippen LogP contribution is 2.19. The Morgan fingerprint density at radius 2 is 2.17 bits per heavy atom. The molecule has 2 atom stereocenters. The second kappa shape index (κ2) is 8.45. The summed E-state index contributed by atoms with van der Waals surface area (Å²) in [5.41, 5.74) is 0. The fourth-order valence-electron chi connectivity index (χ4n) is 2.23. The SMILES string of the molecule is CCCCOCCN(CC)C1COCC1C(=O)O. The van der Waals surface area contributed by atoms with Crippen molar-refractivity contribution in [2.45, 2.75) is 32.7 Å². The molecule has 5 nitrogen and oxygen atoms in total. The highest BCUT2D eigenvalue weighted by atomic mass is 16.5. The molecule has 0 spiro atoms. The number of ether oxygens (including phenoxy) is 2. The van der Waals surface area contributed by atoms with Crippen LogP contribution in [0, 0.1) is 5.92 Å². The number of carbonyl (C=O) groups is 1. The van der Waals surface area contributed by atoms with Crippen LogP contribution in [0.3, 0.4) is 0 Å². The summed E-state index contributed by atoms with van der Waals surface area (Å²) in [5.74, 6) is -1.16. The first-order valence-corrected chi connectivity index (χ1v) is 6.83. The Morgan fingerprint density at radius 1 is 1.39 bits per heavy atom. The first kappa shape index (κ1) is 15.4. The van der Waals surface area contributed by atoms with E-state index in [1.165, 1.54) is 0 Å². The molecule has 1 heterocycles. The van der Waals surface area contributed by atoms with Gasteiger partial charge in [-0.05, 0) is 13.0 Å². The number of nitrogens with zero attached hydrogens (tertiary/aromatic N) is 1. The second-order valence-corrected chi connectivity index (χ2v) is 4.64. The zero-order valence-corrected chi connectivity index (χ0v) is 11.4. The molecule has 1 aliphatic heterocycles. The van der Waals surface area contributed by atoms with Gasteiger partial charge in [0.25, 0.3) is 0 Å². The van der Waals surface area contributed by atoms with Crippen molar-refractivity contribution < 1.29 is 19.4 Å². The van der Waals surface area contributed by atoms with Crippen molar-refractivity contribution in [1.82, 2.24) is 4.90 Å².